The molecule has 3 aromatic carbocycles. The van der Waals surface area contributed by atoms with Gasteiger partial charge < -0.3 is 9.47 Å². The van der Waals surface area contributed by atoms with Crippen molar-refractivity contribution in [3.8, 4) is 11.5 Å². The van der Waals surface area contributed by atoms with Crippen LogP contribution in [0, 0.1) is 0 Å². The van der Waals surface area contributed by atoms with Crippen LogP contribution in [0.5, 0.6) is 11.5 Å². The van der Waals surface area contributed by atoms with Gasteiger partial charge in [0.05, 0.1) is 12.7 Å². The number of alkyl halides is 4. The van der Waals surface area contributed by atoms with Gasteiger partial charge in [-0.15, -0.1) is 0 Å². The molecule has 1 unspecified atom stereocenters. The maximum Gasteiger partial charge on any atom is 0.404 e. The fourth-order valence-electron chi connectivity index (χ4n) is 3.41. The van der Waals surface area contributed by atoms with Crippen molar-refractivity contribution in [1.82, 2.24) is 0 Å². The zero-order chi connectivity index (χ0) is 24.2. The zero-order valence-electron chi connectivity index (χ0n) is 17.8. The van der Waals surface area contributed by atoms with Gasteiger partial charge in [-0.3, -0.25) is 4.79 Å². The van der Waals surface area contributed by atoms with Crippen LogP contribution in [0.3, 0.4) is 0 Å². The van der Waals surface area contributed by atoms with E-state index in [-0.39, 0.29) is 28.2 Å². The number of carbonyl (C=O) groups excluding carboxylic acids is 2. The van der Waals surface area contributed by atoms with Crippen molar-refractivity contribution in [1.29, 1.82) is 0 Å². The summed E-state index contributed by atoms with van der Waals surface area (Å²) in [7, 11) is 1.37. The zero-order valence-corrected chi connectivity index (χ0v) is 17.8. The first-order valence-corrected chi connectivity index (χ1v) is 9.83. The van der Waals surface area contributed by atoms with E-state index < -0.39 is 24.2 Å². The Labute approximate surface area is 187 Å². The predicted molar refractivity (Wildman–Crippen MR) is 114 cm³/mol. The molecular formula is C25H20F4O4. The number of carbonyl (C=O) groups is 2. The molecule has 0 amide bonds. The van der Waals surface area contributed by atoms with E-state index in [2.05, 4.69) is 0 Å². The molecule has 172 valence electrons. The number of hydrogen-bond acceptors (Lipinski definition) is 4. The van der Waals surface area contributed by atoms with Gasteiger partial charge in [-0.1, -0.05) is 36.4 Å². The van der Waals surface area contributed by atoms with Gasteiger partial charge in [0.1, 0.15) is 23.6 Å². The molecule has 0 aliphatic carbocycles. The number of hydrogen-bond donors (Lipinski definition) is 0. The van der Waals surface area contributed by atoms with Crippen LogP contribution in [0.1, 0.15) is 38.8 Å². The van der Waals surface area contributed by atoms with Gasteiger partial charge >= 0.3 is 12.1 Å². The Kier molecular flexibility index (Phi) is 6.86. The number of ketones is 1. The molecule has 0 heterocycles. The molecule has 4 nitrogen and oxygen atoms in total. The van der Waals surface area contributed by atoms with Gasteiger partial charge in [0.25, 0.3) is 0 Å². The Balaban J connectivity index is 1.90. The molecule has 0 aromatic heterocycles. The smallest absolute Gasteiger partial charge is 0.404 e. The summed E-state index contributed by atoms with van der Waals surface area (Å²) in [5, 5.41) is 0. The van der Waals surface area contributed by atoms with Gasteiger partial charge in [-0.05, 0) is 54.4 Å². The minimum Gasteiger partial charge on any atom is -0.497 e. The fourth-order valence-corrected chi connectivity index (χ4v) is 3.41. The number of rotatable bonds is 7. The van der Waals surface area contributed by atoms with Gasteiger partial charge in [-0.25, -0.2) is 9.18 Å². The summed E-state index contributed by atoms with van der Waals surface area (Å²) in [6.45, 7) is -0.330. The second kappa shape index (κ2) is 9.44. The normalized spacial score (nSPS) is 13.2. The summed E-state index contributed by atoms with van der Waals surface area (Å²) in [4.78, 5) is 23.6. The molecule has 0 radical (unpaired) electrons. The number of halogens is 4. The summed E-state index contributed by atoms with van der Waals surface area (Å²) >= 11 is 0. The molecule has 0 fully saturated rings. The topological polar surface area (TPSA) is 52.6 Å². The van der Waals surface area contributed by atoms with Crippen LogP contribution in [0.15, 0.2) is 72.8 Å². The maximum atomic E-state index is 14.2. The van der Waals surface area contributed by atoms with Crippen molar-refractivity contribution in [3.63, 3.8) is 0 Å². The third kappa shape index (κ3) is 4.74. The molecule has 3 rings (SSSR count). The predicted octanol–water partition coefficient (Wildman–Crippen LogP) is 5.93. The highest BCUT2D eigenvalue weighted by atomic mass is 19.4. The molecular weight excluding hydrogens is 440 g/mol. The van der Waals surface area contributed by atoms with E-state index in [0.717, 1.165) is 12.1 Å². The summed E-state index contributed by atoms with van der Waals surface area (Å²) < 4.78 is 66.8. The van der Waals surface area contributed by atoms with Crippen LogP contribution in [-0.2, 0) is 5.41 Å². The minimum absolute atomic E-state index is 0.0101. The van der Waals surface area contributed by atoms with Crippen LogP contribution in [0.2, 0.25) is 0 Å². The standard InChI is InChI=1S/C25H20F4O4/c1-16(30)17-3-5-18(6-4-17)23(31)33-22-13-9-20(10-14-22)24(15-26,25(27,28)29)19-7-11-21(32-2)12-8-19/h3-14H,15H2,1-2H3. The minimum atomic E-state index is -4.94. The van der Waals surface area contributed by atoms with Crippen molar-refractivity contribution < 1.29 is 36.6 Å². The SMILES string of the molecule is COc1ccc(C(CF)(c2ccc(OC(=O)c3ccc(C(C)=O)cc3)cc2)C(F)(F)F)cc1. The summed E-state index contributed by atoms with van der Waals surface area (Å²) in [6, 6.07) is 15.3. The molecule has 3 aromatic rings. The largest absolute Gasteiger partial charge is 0.497 e. The van der Waals surface area contributed by atoms with E-state index in [1.165, 1.54) is 74.7 Å². The van der Waals surface area contributed by atoms with Crippen molar-refractivity contribution in [2.45, 2.75) is 18.5 Å². The van der Waals surface area contributed by atoms with Crippen LogP contribution in [-0.4, -0.2) is 31.7 Å². The lowest BCUT2D eigenvalue weighted by atomic mass is 9.74. The van der Waals surface area contributed by atoms with Gasteiger partial charge in [0.15, 0.2) is 5.78 Å². The number of methoxy groups -OCH3 is 1. The quantitative estimate of drug-likeness (QED) is 0.190. The van der Waals surface area contributed by atoms with Gasteiger partial charge in [0, 0.05) is 5.56 Å². The Morgan fingerprint density at radius 2 is 1.21 bits per heavy atom. The molecule has 0 spiro atoms. The van der Waals surface area contributed by atoms with E-state index in [4.69, 9.17) is 9.47 Å². The number of esters is 1. The third-order valence-corrected chi connectivity index (χ3v) is 5.35. The first-order valence-electron chi connectivity index (χ1n) is 9.83. The van der Waals surface area contributed by atoms with E-state index in [9.17, 15) is 27.2 Å². The van der Waals surface area contributed by atoms with Crippen LogP contribution in [0.25, 0.3) is 0 Å². The lowest BCUT2D eigenvalue weighted by Crippen LogP contribution is -2.45. The van der Waals surface area contributed by atoms with Crippen molar-refractivity contribution in [3.05, 3.63) is 95.1 Å². The van der Waals surface area contributed by atoms with Gasteiger partial charge in [0.2, 0.25) is 0 Å². The highest BCUT2D eigenvalue weighted by Crippen LogP contribution is 2.47. The molecule has 0 bridgehead atoms. The molecule has 1 atom stereocenters. The molecule has 0 saturated heterocycles. The maximum absolute atomic E-state index is 14.2. The molecule has 0 aliphatic heterocycles. The first-order chi connectivity index (χ1) is 15.6. The number of ether oxygens (including phenoxy) is 2. The molecule has 33 heavy (non-hydrogen) atoms. The van der Waals surface area contributed by atoms with E-state index in [0.29, 0.717) is 11.3 Å². The average Bonchev–Trinajstić information content (AvgIpc) is 2.80. The second-order valence-electron chi connectivity index (χ2n) is 7.31. The monoisotopic (exact) mass is 460 g/mol. The van der Waals surface area contributed by atoms with Crippen LogP contribution < -0.4 is 9.47 Å². The summed E-state index contributed by atoms with van der Waals surface area (Å²) in [5.41, 5.74) is -2.94. The van der Waals surface area contributed by atoms with Crippen molar-refractivity contribution in [2.75, 3.05) is 13.8 Å². The average molecular weight is 460 g/mol. The lowest BCUT2D eigenvalue weighted by Gasteiger charge is -2.34. The molecule has 0 saturated carbocycles. The lowest BCUT2D eigenvalue weighted by molar-refractivity contribution is -0.182. The van der Waals surface area contributed by atoms with E-state index in [1.54, 1.807) is 0 Å². The Morgan fingerprint density at radius 3 is 1.61 bits per heavy atom. The second-order valence-corrected chi connectivity index (χ2v) is 7.31. The Morgan fingerprint density at radius 1 is 0.758 bits per heavy atom. The van der Waals surface area contributed by atoms with Gasteiger partial charge in [-0.2, -0.15) is 13.2 Å². The first kappa shape index (κ1) is 24.0. The van der Waals surface area contributed by atoms with Crippen LogP contribution >= 0.6 is 0 Å². The fraction of sp³-hybridized carbons (Fsp3) is 0.200. The summed E-state index contributed by atoms with van der Waals surface area (Å²) in [5.74, 6) is -0.583. The molecule has 0 aliphatic rings. The molecule has 8 heteroatoms. The summed E-state index contributed by atoms with van der Waals surface area (Å²) in [6.07, 6.45) is -4.94. The van der Waals surface area contributed by atoms with Crippen molar-refractivity contribution in [2.24, 2.45) is 0 Å². The highest BCUT2D eigenvalue weighted by Gasteiger charge is 2.57. The third-order valence-electron chi connectivity index (χ3n) is 5.35. The Hall–Kier alpha value is -3.68. The molecule has 0 N–H and O–H groups in total. The number of benzene rings is 3. The Bertz CT molecular complexity index is 1120. The van der Waals surface area contributed by atoms with E-state index >= 15 is 0 Å². The van der Waals surface area contributed by atoms with Crippen LogP contribution in [0.4, 0.5) is 17.6 Å². The van der Waals surface area contributed by atoms with Crippen molar-refractivity contribution >= 4 is 11.8 Å². The highest BCUT2D eigenvalue weighted by molar-refractivity contribution is 5.96. The number of Topliss-reactive ketones (excluding diaryl/α,β-unsaturated/α-hetero) is 1. The van der Waals surface area contributed by atoms with E-state index in [1.807, 2.05) is 0 Å².